The minimum Gasteiger partial charge on any atom is -0.372 e. The number of benzene rings is 1. The lowest BCUT2D eigenvalue weighted by Crippen LogP contribution is -2.25. The molecule has 1 heterocycles. The molecule has 18 heavy (non-hydrogen) atoms. The number of hydrogen-bond acceptors (Lipinski definition) is 5. The van der Waals surface area contributed by atoms with Gasteiger partial charge in [-0.25, -0.2) is 22.3 Å². The first-order chi connectivity index (χ1) is 8.34. The minimum atomic E-state index is -3.79. The van der Waals surface area contributed by atoms with E-state index in [2.05, 4.69) is 9.40 Å². The summed E-state index contributed by atoms with van der Waals surface area (Å²) in [5.41, 5.74) is -0.853. The van der Waals surface area contributed by atoms with E-state index in [9.17, 15) is 18.0 Å². The highest BCUT2D eigenvalue weighted by Gasteiger charge is 2.22. The van der Waals surface area contributed by atoms with Gasteiger partial charge in [0.2, 0.25) is 10.0 Å². The molecule has 0 radical (unpaired) electrons. The molecule has 0 saturated heterocycles. The zero-order valence-electron chi connectivity index (χ0n) is 9.63. The van der Waals surface area contributed by atoms with Crippen LogP contribution in [0.15, 0.2) is 37.1 Å². The van der Waals surface area contributed by atoms with Crippen LogP contribution in [0.25, 0.3) is 10.9 Å². The lowest BCUT2D eigenvalue weighted by atomic mass is 10.2. The second-order valence-corrected chi connectivity index (χ2v) is 5.89. The molecule has 2 aromatic rings. The predicted octanol–water partition coefficient (Wildman–Crippen LogP) is -0.268. The summed E-state index contributed by atoms with van der Waals surface area (Å²) < 4.78 is 29.4. The highest BCUT2D eigenvalue weighted by Crippen LogP contribution is 2.19. The molecule has 0 bridgehead atoms. The van der Waals surface area contributed by atoms with Crippen LogP contribution >= 0.6 is 0 Å². The molecule has 96 valence electrons. The van der Waals surface area contributed by atoms with Gasteiger partial charge in [0, 0.05) is 14.1 Å². The highest BCUT2D eigenvalue weighted by molar-refractivity contribution is 7.89. The summed E-state index contributed by atoms with van der Waals surface area (Å²) in [6.07, 6.45) is 0. The van der Waals surface area contributed by atoms with Gasteiger partial charge in [0.25, 0.3) is 0 Å². The fraction of sp³-hybridized carbons (Fsp3) is 0.200. The Labute approximate surface area is 102 Å². The SMILES string of the molecule is CN(C)S(=O)(=O)c1cccc2[nH]c(=O)oc(=O)c12. The Kier molecular flexibility index (Phi) is 2.83. The van der Waals surface area contributed by atoms with E-state index >= 15 is 0 Å². The van der Waals surface area contributed by atoms with Gasteiger partial charge in [-0.3, -0.25) is 4.98 Å². The van der Waals surface area contributed by atoms with Gasteiger partial charge in [0.1, 0.15) is 5.39 Å². The topological polar surface area (TPSA) is 100 Å². The van der Waals surface area contributed by atoms with Crippen LogP contribution in [0.3, 0.4) is 0 Å². The normalized spacial score (nSPS) is 12.2. The Morgan fingerprint density at radius 2 is 1.89 bits per heavy atom. The zero-order chi connectivity index (χ0) is 13.5. The van der Waals surface area contributed by atoms with Gasteiger partial charge in [-0.1, -0.05) is 6.07 Å². The van der Waals surface area contributed by atoms with Crippen LogP contribution in [0, 0.1) is 0 Å². The molecule has 0 spiro atoms. The first kappa shape index (κ1) is 12.5. The van der Waals surface area contributed by atoms with Gasteiger partial charge in [-0.05, 0) is 12.1 Å². The summed E-state index contributed by atoms with van der Waals surface area (Å²) in [6, 6.07) is 4.16. The second kappa shape index (κ2) is 4.07. The van der Waals surface area contributed by atoms with Crippen molar-refractivity contribution in [3.63, 3.8) is 0 Å². The third kappa shape index (κ3) is 1.85. The van der Waals surface area contributed by atoms with Crippen LogP contribution in [0.5, 0.6) is 0 Å². The zero-order valence-corrected chi connectivity index (χ0v) is 10.4. The molecule has 1 aromatic heterocycles. The third-order valence-corrected chi connectivity index (χ3v) is 4.27. The van der Waals surface area contributed by atoms with E-state index in [1.807, 2.05) is 0 Å². The number of nitrogens with zero attached hydrogens (tertiary/aromatic N) is 1. The second-order valence-electron chi connectivity index (χ2n) is 3.77. The van der Waals surface area contributed by atoms with Gasteiger partial charge in [-0.15, -0.1) is 0 Å². The van der Waals surface area contributed by atoms with Crippen molar-refractivity contribution in [2.75, 3.05) is 14.1 Å². The molecule has 0 fully saturated rings. The smallest absolute Gasteiger partial charge is 0.372 e. The van der Waals surface area contributed by atoms with E-state index in [0.29, 0.717) is 0 Å². The fourth-order valence-corrected chi connectivity index (χ4v) is 2.62. The van der Waals surface area contributed by atoms with Gasteiger partial charge >= 0.3 is 11.4 Å². The summed E-state index contributed by atoms with van der Waals surface area (Å²) in [4.78, 5) is 24.7. The van der Waals surface area contributed by atoms with Crippen LogP contribution in [-0.2, 0) is 10.0 Å². The van der Waals surface area contributed by atoms with Crippen LogP contribution in [0.2, 0.25) is 0 Å². The Balaban J connectivity index is 3.00. The monoisotopic (exact) mass is 270 g/mol. The standard InChI is InChI=1S/C10H10N2O5S/c1-12(2)18(15,16)7-5-3-4-6-8(7)9(13)17-10(14)11-6/h3-5H,1-2H3,(H,11,14). The maximum absolute atomic E-state index is 12.0. The first-order valence-corrected chi connectivity index (χ1v) is 6.37. The van der Waals surface area contributed by atoms with Crippen molar-refractivity contribution in [1.29, 1.82) is 0 Å². The van der Waals surface area contributed by atoms with Crippen molar-refractivity contribution in [3.05, 3.63) is 39.2 Å². The van der Waals surface area contributed by atoms with E-state index < -0.39 is 21.4 Å². The molecule has 7 nitrogen and oxygen atoms in total. The van der Waals surface area contributed by atoms with Crippen LogP contribution in [0.4, 0.5) is 0 Å². The quantitative estimate of drug-likeness (QED) is 0.809. The molecule has 0 atom stereocenters. The van der Waals surface area contributed by atoms with Crippen molar-refractivity contribution in [3.8, 4) is 0 Å². The number of aromatic nitrogens is 1. The maximum Gasteiger partial charge on any atom is 0.419 e. The summed E-state index contributed by atoms with van der Waals surface area (Å²) in [5.74, 6) is -0.924. The average molecular weight is 270 g/mol. The highest BCUT2D eigenvalue weighted by atomic mass is 32.2. The fourth-order valence-electron chi connectivity index (χ4n) is 1.53. The molecule has 1 aromatic carbocycles. The Bertz CT molecular complexity index is 816. The van der Waals surface area contributed by atoms with Crippen LogP contribution < -0.4 is 11.4 Å². The lowest BCUT2D eigenvalue weighted by molar-refractivity contribution is 0.458. The Morgan fingerprint density at radius 3 is 2.50 bits per heavy atom. The number of rotatable bonds is 2. The molecule has 8 heteroatoms. The van der Waals surface area contributed by atoms with Crippen LogP contribution in [-0.4, -0.2) is 31.8 Å². The largest absolute Gasteiger partial charge is 0.419 e. The van der Waals surface area contributed by atoms with Crippen molar-refractivity contribution in [1.82, 2.24) is 9.29 Å². The maximum atomic E-state index is 12.0. The lowest BCUT2D eigenvalue weighted by Gasteiger charge is -2.12. The molecule has 0 aliphatic rings. The van der Waals surface area contributed by atoms with Crippen LogP contribution in [0.1, 0.15) is 0 Å². The third-order valence-electron chi connectivity index (χ3n) is 2.41. The van der Waals surface area contributed by atoms with E-state index in [1.165, 1.54) is 32.3 Å². The van der Waals surface area contributed by atoms with E-state index in [0.717, 1.165) is 4.31 Å². The van der Waals surface area contributed by atoms with Crippen molar-refractivity contribution < 1.29 is 12.8 Å². The minimum absolute atomic E-state index is 0.124. The summed E-state index contributed by atoms with van der Waals surface area (Å²) in [7, 11) is -1.09. The number of hydrogen-bond donors (Lipinski definition) is 1. The molecule has 0 saturated carbocycles. The number of H-pyrrole nitrogens is 1. The van der Waals surface area contributed by atoms with E-state index in [-0.39, 0.29) is 15.8 Å². The summed E-state index contributed by atoms with van der Waals surface area (Å²) in [5, 5.41) is -0.161. The van der Waals surface area contributed by atoms with E-state index in [4.69, 9.17) is 0 Å². The van der Waals surface area contributed by atoms with Gasteiger partial charge in [0.05, 0.1) is 10.4 Å². The molecular formula is C10H10N2O5S. The molecule has 0 unspecified atom stereocenters. The van der Waals surface area contributed by atoms with Crippen molar-refractivity contribution in [2.45, 2.75) is 4.90 Å². The molecule has 0 aliphatic heterocycles. The Hall–Kier alpha value is -1.93. The molecule has 0 aliphatic carbocycles. The van der Waals surface area contributed by atoms with Gasteiger partial charge in [-0.2, -0.15) is 0 Å². The number of fused-ring (bicyclic) bond motifs is 1. The average Bonchev–Trinajstić information content (AvgIpc) is 2.27. The predicted molar refractivity (Wildman–Crippen MR) is 64.0 cm³/mol. The summed E-state index contributed by atoms with van der Waals surface area (Å²) in [6.45, 7) is 0. The molecule has 2 rings (SSSR count). The van der Waals surface area contributed by atoms with Crippen molar-refractivity contribution in [2.24, 2.45) is 0 Å². The Morgan fingerprint density at radius 1 is 1.22 bits per heavy atom. The van der Waals surface area contributed by atoms with Crippen molar-refractivity contribution >= 4 is 20.9 Å². The number of aromatic amines is 1. The first-order valence-electron chi connectivity index (χ1n) is 4.92. The summed E-state index contributed by atoms with van der Waals surface area (Å²) >= 11 is 0. The molecular weight excluding hydrogens is 260 g/mol. The van der Waals surface area contributed by atoms with Gasteiger partial charge < -0.3 is 4.42 Å². The molecule has 0 amide bonds. The van der Waals surface area contributed by atoms with E-state index in [1.54, 1.807) is 0 Å². The number of nitrogens with one attached hydrogen (secondary N) is 1. The number of sulfonamides is 1. The molecule has 1 N–H and O–H groups in total. The van der Waals surface area contributed by atoms with Gasteiger partial charge in [0.15, 0.2) is 0 Å².